The molecule has 0 spiro atoms. The molecule has 2 rings (SSSR count). The molecule has 0 radical (unpaired) electrons. The third-order valence-electron chi connectivity index (χ3n) is 3.34. The molecule has 1 saturated heterocycles. The van der Waals surface area contributed by atoms with Crippen LogP contribution < -0.4 is 10.6 Å². The molecule has 1 unspecified atom stereocenters. The van der Waals surface area contributed by atoms with E-state index in [0.717, 1.165) is 32.6 Å². The van der Waals surface area contributed by atoms with E-state index in [2.05, 4.69) is 34.0 Å². The summed E-state index contributed by atoms with van der Waals surface area (Å²) in [6, 6.07) is 4.49. The normalized spacial score (nSPS) is 20.8. The van der Waals surface area contributed by atoms with E-state index < -0.39 is 0 Å². The maximum Gasteiger partial charge on any atom is 0.221 e. The Morgan fingerprint density at radius 1 is 1.67 bits per heavy atom. The van der Waals surface area contributed by atoms with E-state index in [1.165, 1.54) is 4.88 Å². The third kappa shape index (κ3) is 4.08. The number of hydrogen-bond donors (Lipinski definition) is 2. The molecule has 0 bridgehead atoms. The maximum atomic E-state index is 11.8. The molecule has 100 valence electrons. The lowest BCUT2D eigenvalue weighted by Crippen LogP contribution is -2.51. The van der Waals surface area contributed by atoms with Crippen LogP contribution in [0.4, 0.5) is 0 Å². The van der Waals surface area contributed by atoms with Crippen molar-refractivity contribution in [3.8, 4) is 0 Å². The van der Waals surface area contributed by atoms with Crippen LogP contribution in [0.2, 0.25) is 0 Å². The van der Waals surface area contributed by atoms with Gasteiger partial charge in [0.2, 0.25) is 5.91 Å². The van der Waals surface area contributed by atoms with Crippen LogP contribution in [0.3, 0.4) is 0 Å². The first kappa shape index (κ1) is 13.5. The molecule has 1 fully saturated rings. The Hall–Kier alpha value is -0.910. The van der Waals surface area contributed by atoms with Crippen LogP contribution in [0.25, 0.3) is 0 Å². The topological polar surface area (TPSA) is 44.4 Å². The maximum absolute atomic E-state index is 11.8. The van der Waals surface area contributed by atoms with Gasteiger partial charge < -0.3 is 15.5 Å². The van der Waals surface area contributed by atoms with E-state index >= 15 is 0 Å². The van der Waals surface area contributed by atoms with Gasteiger partial charge in [-0.15, -0.1) is 11.3 Å². The highest BCUT2D eigenvalue weighted by atomic mass is 32.1. The smallest absolute Gasteiger partial charge is 0.221 e. The summed E-state index contributed by atoms with van der Waals surface area (Å²) in [5.74, 6) is 0.159. The molecule has 1 amide bonds. The number of carbonyl (C=O) groups excluding carboxylic acids is 1. The van der Waals surface area contributed by atoms with Crippen molar-refractivity contribution in [3.05, 3.63) is 22.4 Å². The van der Waals surface area contributed by atoms with Crippen molar-refractivity contribution in [1.29, 1.82) is 0 Å². The number of rotatable bonds is 5. The predicted molar refractivity (Wildman–Crippen MR) is 74.9 cm³/mol. The van der Waals surface area contributed by atoms with Gasteiger partial charge in [0.25, 0.3) is 0 Å². The number of carbonyl (C=O) groups is 1. The van der Waals surface area contributed by atoms with Gasteiger partial charge in [0.15, 0.2) is 0 Å². The van der Waals surface area contributed by atoms with Crippen LogP contribution in [0.15, 0.2) is 17.5 Å². The minimum atomic E-state index is 0.159. The largest absolute Gasteiger partial charge is 0.356 e. The number of piperazine rings is 1. The van der Waals surface area contributed by atoms with Crippen LogP contribution in [-0.4, -0.2) is 50.1 Å². The van der Waals surface area contributed by atoms with Gasteiger partial charge in [0.05, 0.1) is 0 Å². The van der Waals surface area contributed by atoms with Crippen LogP contribution in [0, 0.1) is 0 Å². The summed E-state index contributed by atoms with van der Waals surface area (Å²) < 4.78 is 0. The standard InChI is InChI=1S/C13H21N3OS/c1-16-7-6-14-10-11(16)9-13(17)15-5-4-12-3-2-8-18-12/h2-3,8,11,14H,4-7,9-10H2,1H3,(H,15,17). The fourth-order valence-electron chi connectivity index (χ4n) is 2.16. The fourth-order valence-corrected chi connectivity index (χ4v) is 2.87. The molecule has 2 N–H and O–H groups in total. The lowest BCUT2D eigenvalue weighted by atomic mass is 10.1. The van der Waals surface area contributed by atoms with Crippen molar-refractivity contribution in [2.45, 2.75) is 18.9 Å². The van der Waals surface area contributed by atoms with Gasteiger partial charge >= 0.3 is 0 Å². The minimum Gasteiger partial charge on any atom is -0.356 e. The number of hydrogen-bond acceptors (Lipinski definition) is 4. The van der Waals surface area contributed by atoms with Crippen molar-refractivity contribution in [2.75, 3.05) is 33.2 Å². The van der Waals surface area contributed by atoms with Crippen LogP contribution in [-0.2, 0) is 11.2 Å². The zero-order valence-corrected chi connectivity index (χ0v) is 11.6. The summed E-state index contributed by atoms with van der Waals surface area (Å²) in [6.45, 7) is 3.69. The molecule has 0 aliphatic carbocycles. The summed E-state index contributed by atoms with van der Waals surface area (Å²) in [4.78, 5) is 15.4. The van der Waals surface area contributed by atoms with Gasteiger partial charge in [-0.3, -0.25) is 4.79 Å². The predicted octanol–water partition coefficient (Wildman–Crippen LogP) is 0.700. The lowest BCUT2D eigenvalue weighted by molar-refractivity contribution is -0.122. The molecule has 1 aromatic rings. The van der Waals surface area contributed by atoms with Crippen molar-refractivity contribution in [1.82, 2.24) is 15.5 Å². The monoisotopic (exact) mass is 267 g/mol. The molecular formula is C13H21N3OS. The van der Waals surface area contributed by atoms with Crippen molar-refractivity contribution in [3.63, 3.8) is 0 Å². The van der Waals surface area contributed by atoms with Gasteiger partial charge in [0.1, 0.15) is 0 Å². The second-order valence-corrected chi connectivity index (χ2v) is 5.75. The summed E-state index contributed by atoms with van der Waals surface area (Å²) in [5.41, 5.74) is 0. The van der Waals surface area contributed by atoms with Crippen molar-refractivity contribution >= 4 is 17.2 Å². The summed E-state index contributed by atoms with van der Waals surface area (Å²) in [6.07, 6.45) is 1.52. The highest BCUT2D eigenvalue weighted by molar-refractivity contribution is 7.09. The van der Waals surface area contributed by atoms with Gasteiger partial charge in [-0.25, -0.2) is 0 Å². The first-order chi connectivity index (χ1) is 8.75. The van der Waals surface area contributed by atoms with Gasteiger partial charge in [-0.1, -0.05) is 6.07 Å². The molecule has 18 heavy (non-hydrogen) atoms. The average molecular weight is 267 g/mol. The van der Waals surface area contributed by atoms with E-state index in [0.29, 0.717) is 12.5 Å². The zero-order chi connectivity index (χ0) is 12.8. The first-order valence-electron chi connectivity index (χ1n) is 6.46. The van der Waals surface area contributed by atoms with Crippen LogP contribution >= 0.6 is 11.3 Å². The molecule has 1 aliphatic rings. The number of likely N-dealkylation sites (N-methyl/N-ethyl adjacent to an activating group) is 1. The highest BCUT2D eigenvalue weighted by Gasteiger charge is 2.20. The first-order valence-corrected chi connectivity index (χ1v) is 7.33. The molecule has 1 atom stereocenters. The van der Waals surface area contributed by atoms with Gasteiger partial charge in [-0.2, -0.15) is 0 Å². The highest BCUT2D eigenvalue weighted by Crippen LogP contribution is 2.08. The third-order valence-corrected chi connectivity index (χ3v) is 4.28. The molecule has 1 aromatic heterocycles. The summed E-state index contributed by atoms with van der Waals surface area (Å²) >= 11 is 1.74. The molecule has 0 saturated carbocycles. The Morgan fingerprint density at radius 2 is 2.56 bits per heavy atom. The van der Waals surface area contributed by atoms with E-state index in [-0.39, 0.29) is 5.91 Å². The second-order valence-electron chi connectivity index (χ2n) is 4.72. The SMILES string of the molecule is CN1CCNCC1CC(=O)NCCc1cccs1. The number of amides is 1. The Labute approximate surface area is 112 Å². The van der Waals surface area contributed by atoms with Crippen LogP contribution in [0.5, 0.6) is 0 Å². The van der Waals surface area contributed by atoms with Gasteiger partial charge in [0, 0.05) is 43.5 Å². The summed E-state index contributed by atoms with van der Waals surface area (Å²) in [7, 11) is 2.09. The number of thiophene rings is 1. The molecule has 4 nitrogen and oxygen atoms in total. The van der Waals surface area contributed by atoms with E-state index in [1.54, 1.807) is 11.3 Å². The molecule has 0 aromatic carbocycles. The van der Waals surface area contributed by atoms with Crippen molar-refractivity contribution in [2.24, 2.45) is 0 Å². The second kappa shape index (κ2) is 6.87. The Balaban J connectivity index is 1.65. The minimum absolute atomic E-state index is 0.159. The van der Waals surface area contributed by atoms with E-state index in [9.17, 15) is 4.79 Å². The quantitative estimate of drug-likeness (QED) is 0.825. The number of nitrogens with one attached hydrogen (secondary N) is 2. The number of nitrogens with zero attached hydrogens (tertiary/aromatic N) is 1. The summed E-state index contributed by atoms with van der Waals surface area (Å²) in [5, 5.41) is 8.40. The zero-order valence-electron chi connectivity index (χ0n) is 10.8. The Bertz CT molecular complexity index is 366. The fraction of sp³-hybridized carbons (Fsp3) is 0.615. The van der Waals surface area contributed by atoms with Gasteiger partial charge in [-0.05, 0) is 24.9 Å². The van der Waals surface area contributed by atoms with E-state index in [1.807, 2.05) is 6.07 Å². The van der Waals surface area contributed by atoms with Crippen LogP contribution in [0.1, 0.15) is 11.3 Å². The molecular weight excluding hydrogens is 246 g/mol. The van der Waals surface area contributed by atoms with E-state index in [4.69, 9.17) is 0 Å². The Kier molecular flexibility index (Phi) is 5.16. The lowest BCUT2D eigenvalue weighted by Gasteiger charge is -2.32. The average Bonchev–Trinajstić information content (AvgIpc) is 2.85. The Morgan fingerprint density at radius 3 is 3.28 bits per heavy atom. The molecule has 2 heterocycles. The molecule has 1 aliphatic heterocycles. The van der Waals surface area contributed by atoms with Crippen molar-refractivity contribution < 1.29 is 4.79 Å². The molecule has 5 heteroatoms.